The van der Waals surface area contributed by atoms with Crippen molar-refractivity contribution in [3.63, 3.8) is 0 Å². The van der Waals surface area contributed by atoms with Crippen molar-refractivity contribution in [2.75, 3.05) is 5.32 Å². The van der Waals surface area contributed by atoms with Gasteiger partial charge in [-0.25, -0.2) is 4.98 Å². The number of benzene rings is 1. The van der Waals surface area contributed by atoms with Gasteiger partial charge in [0.2, 0.25) is 17.8 Å². The number of para-hydroxylation sites is 2. The van der Waals surface area contributed by atoms with Crippen LogP contribution >= 0.6 is 0 Å². The molecule has 0 spiro atoms. The van der Waals surface area contributed by atoms with Crippen LogP contribution in [0, 0.1) is 0 Å². The fourth-order valence-corrected chi connectivity index (χ4v) is 2.81. The van der Waals surface area contributed by atoms with Crippen LogP contribution in [-0.4, -0.2) is 21.4 Å². The lowest BCUT2D eigenvalue weighted by molar-refractivity contribution is -0.128. The number of anilines is 1. The summed E-state index contributed by atoms with van der Waals surface area (Å²) in [5, 5.41) is 5.53. The Morgan fingerprint density at radius 1 is 1.35 bits per heavy atom. The molecular formula is C16H14N4O3. The highest BCUT2D eigenvalue weighted by molar-refractivity contribution is 5.99. The first-order valence-electron chi connectivity index (χ1n) is 7.29. The molecule has 0 saturated heterocycles. The molecule has 1 aromatic carbocycles. The quantitative estimate of drug-likeness (QED) is 0.772. The van der Waals surface area contributed by atoms with Crippen LogP contribution in [0.2, 0.25) is 0 Å². The summed E-state index contributed by atoms with van der Waals surface area (Å²) in [6.45, 7) is 0.284. The van der Waals surface area contributed by atoms with Gasteiger partial charge in [-0.15, -0.1) is 0 Å². The van der Waals surface area contributed by atoms with Gasteiger partial charge in [0.15, 0.2) is 0 Å². The molecule has 1 aliphatic rings. The third-order valence-corrected chi connectivity index (χ3v) is 3.86. The molecule has 1 atom stereocenters. The molecule has 3 heterocycles. The first kappa shape index (κ1) is 13.6. The van der Waals surface area contributed by atoms with E-state index in [9.17, 15) is 9.59 Å². The lowest BCUT2D eigenvalue weighted by Gasteiger charge is -2.24. The SMILES string of the molecule is O=C1CC(C(=O)NCc2ccco2)n2c(nc3ccccc32)N1. The number of hydrogen-bond donors (Lipinski definition) is 2. The van der Waals surface area contributed by atoms with Crippen LogP contribution in [0.4, 0.5) is 5.95 Å². The van der Waals surface area contributed by atoms with Gasteiger partial charge < -0.3 is 9.73 Å². The molecule has 3 aromatic rings. The topological polar surface area (TPSA) is 89.2 Å². The second-order valence-electron chi connectivity index (χ2n) is 5.36. The molecule has 7 nitrogen and oxygen atoms in total. The largest absolute Gasteiger partial charge is 0.467 e. The van der Waals surface area contributed by atoms with Crippen LogP contribution in [-0.2, 0) is 16.1 Å². The minimum absolute atomic E-state index is 0.0807. The van der Waals surface area contributed by atoms with Gasteiger partial charge in [-0.05, 0) is 24.3 Å². The molecule has 116 valence electrons. The number of fused-ring (bicyclic) bond motifs is 3. The maximum absolute atomic E-state index is 12.6. The zero-order valence-corrected chi connectivity index (χ0v) is 12.2. The van der Waals surface area contributed by atoms with E-state index in [0.29, 0.717) is 11.7 Å². The van der Waals surface area contributed by atoms with Crippen molar-refractivity contribution in [2.24, 2.45) is 0 Å². The molecule has 0 saturated carbocycles. The van der Waals surface area contributed by atoms with Crippen LogP contribution in [0.15, 0.2) is 47.1 Å². The highest BCUT2D eigenvalue weighted by atomic mass is 16.3. The molecular weight excluding hydrogens is 296 g/mol. The summed E-state index contributed by atoms with van der Waals surface area (Å²) in [5.41, 5.74) is 1.56. The maximum Gasteiger partial charge on any atom is 0.244 e. The summed E-state index contributed by atoms with van der Waals surface area (Å²) in [6.07, 6.45) is 1.63. The molecule has 23 heavy (non-hydrogen) atoms. The van der Waals surface area contributed by atoms with Crippen LogP contribution in [0.3, 0.4) is 0 Å². The van der Waals surface area contributed by atoms with Gasteiger partial charge in [-0.1, -0.05) is 12.1 Å². The van der Waals surface area contributed by atoms with E-state index in [1.54, 1.807) is 23.0 Å². The number of nitrogens with zero attached hydrogens (tertiary/aromatic N) is 2. The predicted octanol–water partition coefficient (Wildman–Crippen LogP) is 1.83. The number of nitrogens with one attached hydrogen (secondary N) is 2. The van der Waals surface area contributed by atoms with Crippen molar-refractivity contribution >= 4 is 28.8 Å². The normalized spacial score (nSPS) is 16.9. The molecule has 2 aromatic heterocycles. The molecule has 0 aliphatic carbocycles. The molecule has 2 N–H and O–H groups in total. The highest BCUT2D eigenvalue weighted by Crippen LogP contribution is 2.30. The van der Waals surface area contributed by atoms with Crippen molar-refractivity contribution in [2.45, 2.75) is 19.0 Å². The van der Waals surface area contributed by atoms with E-state index in [1.165, 1.54) is 0 Å². The lowest BCUT2D eigenvalue weighted by atomic mass is 10.1. The van der Waals surface area contributed by atoms with Crippen LogP contribution in [0.25, 0.3) is 11.0 Å². The van der Waals surface area contributed by atoms with Crippen molar-refractivity contribution < 1.29 is 14.0 Å². The Morgan fingerprint density at radius 3 is 3.04 bits per heavy atom. The summed E-state index contributed by atoms with van der Waals surface area (Å²) < 4.78 is 6.98. The lowest BCUT2D eigenvalue weighted by Crippen LogP contribution is -2.38. The average molecular weight is 310 g/mol. The van der Waals surface area contributed by atoms with Crippen molar-refractivity contribution in [3.05, 3.63) is 48.4 Å². The first-order chi connectivity index (χ1) is 11.2. The van der Waals surface area contributed by atoms with Crippen LogP contribution < -0.4 is 10.6 Å². The van der Waals surface area contributed by atoms with Gasteiger partial charge >= 0.3 is 0 Å². The number of rotatable bonds is 3. The molecule has 1 aliphatic heterocycles. The molecule has 7 heteroatoms. The smallest absolute Gasteiger partial charge is 0.244 e. The Labute approximate surface area is 131 Å². The van der Waals surface area contributed by atoms with Crippen LogP contribution in [0.5, 0.6) is 0 Å². The number of imidazole rings is 1. The molecule has 4 rings (SSSR count). The number of carbonyl (C=O) groups excluding carboxylic acids is 2. The Balaban J connectivity index is 1.66. The molecule has 0 fully saturated rings. The van der Waals surface area contributed by atoms with Crippen molar-refractivity contribution in [1.29, 1.82) is 0 Å². The Kier molecular flexibility index (Phi) is 3.11. The zero-order chi connectivity index (χ0) is 15.8. The zero-order valence-electron chi connectivity index (χ0n) is 12.2. The summed E-state index contributed by atoms with van der Waals surface area (Å²) >= 11 is 0. The van der Waals surface area contributed by atoms with Gasteiger partial charge in [-0.2, -0.15) is 0 Å². The predicted molar refractivity (Wildman–Crippen MR) is 82.6 cm³/mol. The standard InChI is InChI=1S/C16H14N4O3/c21-14-8-13(15(22)17-9-10-4-3-7-23-10)20-12-6-2-1-5-11(12)18-16(20)19-14/h1-7,13H,8-9H2,(H,17,22)(H,18,19,21). The van der Waals surface area contributed by atoms with E-state index in [4.69, 9.17) is 4.42 Å². The molecule has 0 radical (unpaired) electrons. The molecule has 1 unspecified atom stereocenters. The average Bonchev–Trinajstić information content (AvgIpc) is 3.18. The minimum atomic E-state index is -0.624. The Hall–Kier alpha value is -3.09. The van der Waals surface area contributed by atoms with E-state index < -0.39 is 6.04 Å². The number of amides is 2. The number of furan rings is 1. The third kappa shape index (κ3) is 2.36. The second kappa shape index (κ2) is 5.28. The van der Waals surface area contributed by atoms with Crippen LogP contribution in [0.1, 0.15) is 18.2 Å². The van der Waals surface area contributed by atoms with E-state index in [1.807, 2.05) is 24.3 Å². The van der Waals surface area contributed by atoms with Gasteiger partial charge in [0, 0.05) is 0 Å². The van der Waals surface area contributed by atoms with E-state index >= 15 is 0 Å². The number of hydrogen-bond acceptors (Lipinski definition) is 4. The monoisotopic (exact) mass is 310 g/mol. The number of aromatic nitrogens is 2. The third-order valence-electron chi connectivity index (χ3n) is 3.86. The van der Waals surface area contributed by atoms with Crippen molar-refractivity contribution in [1.82, 2.24) is 14.9 Å². The number of carbonyl (C=O) groups is 2. The van der Waals surface area contributed by atoms with Gasteiger partial charge in [0.1, 0.15) is 11.8 Å². The Morgan fingerprint density at radius 2 is 2.22 bits per heavy atom. The van der Waals surface area contributed by atoms with E-state index in [-0.39, 0.29) is 24.8 Å². The fourth-order valence-electron chi connectivity index (χ4n) is 2.81. The Bertz CT molecular complexity index is 882. The van der Waals surface area contributed by atoms with Crippen molar-refractivity contribution in [3.8, 4) is 0 Å². The highest BCUT2D eigenvalue weighted by Gasteiger charge is 2.32. The summed E-state index contributed by atoms with van der Waals surface area (Å²) in [5.74, 6) is 0.613. The van der Waals surface area contributed by atoms with Gasteiger partial charge in [0.25, 0.3) is 0 Å². The second-order valence-corrected chi connectivity index (χ2v) is 5.36. The maximum atomic E-state index is 12.6. The molecule has 0 bridgehead atoms. The summed E-state index contributed by atoms with van der Waals surface area (Å²) in [4.78, 5) is 28.8. The van der Waals surface area contributed by atoms with E-state index in [2.05, 4.69) is 15.6 Å². The summed E-state index contributed by atoms with van der Waals surface area (Å²) in [6, 6.07) is 10.4. The van der Waals surface area contributed by atoms with E-state index in [0.717, 1.165) is 11.0 Å². The van der Waals surface area contributed by atoms with Gasteiger partial charge in [0.05, 0.1) is 30.3 Å². The fraction of sp³-hybridized carbons (Fsp3) is 0.188. The molecule has 2 amide bonds. The van der Waals surface area contributed by atoms with Gasteiger partial charge in [-0.3, -0.25) is 19.5 Å². The summed E-state index contributed by atoms with van der Waals surface area (Å²) in [7, 11) is 0. The minimum Gasteiger partial charge on any atom is -0.467 e. The first-order valence-corrected chi connectivity index (χ1v) is 7.29.